The fourth-order valence-corrected chi connectivity index (χ4v) is 4.32. The van der Waals surface area contributed by atoms with Crippen LogP contribution in [-0.4, -0.2) is 29.1 Å². The molecule has 4 rings (SSSR count). The van der Waals surface area contributed by atoms with Gasteiger partial charge in [0.15, 0.2) is 0 Å². The summed E-state index contributed by atoms with van der Waals surface area (Å²) < 4.78 is 19.1. The highest BCUT2D eigenvalue weighted by atomic mass is 19.1. The summed E-state index contributed by atoms with van der Waals surface area (Å²) >= 11 is 0. The maximum absolute atomic E-state index is 13.8. The minimum Gasteiger partial charge on any atom is -0.381 e. The number of benzene rings is 2. The van der Waals surface area contributed by atoms with Gasteiger partial charge in [0.2, 0.25) is 5.91 Å². The molecular formula is C25H26FN3O3. The maximum Gasteiger partial charge on any atom is 0.251 e. The van der Waals surface area contributed by atoms with Gasteiger partial charge in [-0.15, -0.1) is 0 Å². The Labute approximate surface area is 185 Å². The number of halogens is 1. The first-order valence-corrected chi connectivity index (χ1v) is 10.7. The molecule has 1 aliphatic rings. The number of hydrogen-bond acceptors (Lipinski definition) is 4. The van der Waals surface area contributed by atoms with Crippen LogP contribution < -0.4 is 10.9 Å². The molecule has 2 aromatic carbocycles. The van der Waals surface area contributed by atoms with Crippen molar-refractivity contribution >= 4 is 5.91 Å². The molecule has 1 aromatic heterocycles. The van der Waals surface area contributed by atoms with Crippen molar-refractivity contribution in [3.05, 3.63) is 99.5 Å². The molecule has 7 heteroatoms. The first-order valence-electron chi connectivity index (χ1n) is 10.7. The molecule has 166 valence electrons. The van der Waals surface area contributed by atoms with Crippen LogP contribution in [0.15, 0.2) is 65.5 Å². The van der Waals surface area contributed by atoms with Crippen LogP contribution in [0.5, 0.6) is 0 Å². The number of ether oxygens (including phenoxy) is 1. The van der Waals surface area contributed by atoms with E-state index in [0.29, 0.717) is 44.0 Å². The topological polar surface area (TPSA) is 84.1 Å². The minimum absolute atomic E-state index is 0.108. The number of hydrogen-bond donors (Lipinski definition) is 2. The van der Waals surface area contributed by atoms with E-state index in [1.54, 1.807) is 19.1 Å². The van der Waals surface area contributed by atoms with Gasteiger partial charge in [-0.25, -0.2) is 9.37 Å². The largest absolute Gasteiger partial charge is 0.381 e. The zero-order valence-corrected chi connectivity index (χ0v) is 17.9. The van der Waals surface area contributed by atoms with Crippen molar-refractivity contribution < 1.29 is 13.9 Å². The number of rotatable bonds is 6. The van der Waals surface area contributed by atoms with Crippen LogP contribution in [0.25, 0.3) is 0 Å². The van der Waals surface area contributed by atoms with E-state index >= 15 is 0 Å². The fraction of sp³-hybridized carbons (Fsp3) is 0.320. The second-order valence-corrected chi connectivity index (χ2v) is 8.16. The summed E-state index contributed by atoms with van der Waals surface area (Å²) in [6.07, 6.45) is 1.45. The highest BCUT2D eigenvalue weighted by molar-refractivity contribution is 5.88. The van der Waals surface area contributed by atoms with Gasteiger partial charge >= 0.3 is 0 Å². The van der Waals surface area contributed by atoms with Crippen molar-refractivity contribution in [2.24, 2.45) is 0 Å². The monoisotopic (exact) mass is 435 g/mol. The Hall–Kier alpha value is -3.32. The smallest absolute Gasteiger partial charge is 0.251 e. The van der Waals surface area contributed by atoms with Crippen LogP contribution in [0.2, 0.25) is 0 Å². The van der Waals surface area contributed by atoms with Crippen LogP contribution in [-0.2, 0) is 21.4 Å². The number of aryl methyl sites for hydroxylation is 1. The summed E-state index contributed by atoms with van der Waals surface area (Å²) in [5, 5.41) is 3.18. The van der Waals surface area contributed by atoms with E-state index < -0.39 is 11.5 Å². The Morgan fingerprint density at radius 2 is 1.84 bits per heavy atom. The quantitative estimate of drug-likeness (QED) is 0.622. The summed E-state index contributed by atoms with van der Waals surface area (Å²) in [4.78, 5) is 32.7. The highest BCUT2D eigenvalue weighted by Gasteiger charge is 2.42. The average molecular weight is 435 g/mol. The van der Waals surface area contributed by atoms with Crippen molar-refractivity contribution in [3.63, 3.8) is 0 Å². The van der Waals surface area contributed by atoms with Gasteiger partial charge in [0.05, 0.1) is 17.2 Å². The third-order valence-corrected chi connectivity index (χ3v) is 6.01. The molecule has 2 heterocycles. The average Bonchev–Trinajstić information content (AvgIpc) is 2.79. The lowest BCUT2D eigenvalue weighted by Crippen LogP contribution is -2.49. The van der Waals surface area contributed by atoms with Crippen LogP contribution in [0.1, 0.15) is 41.5 Å². The third-order valence-electron chi connectivity index (χ3n) is 6.01. The van der Waals surface area contributed by atoms with E-state index in [1.165, 1.54) is 18.2 Å². The Balaban J connectivity index is 1.68. The molecule has 1 fully saturated rings. The lowest BCUT2D eigenvalue weighted by atomic mass is 9.73. The van der Waals surface area contributed by atoms with Crippen molar-refractivity contribution in [2.75, 3.05) is 13.2 Å². The van der Waals surface area contributed by atoms with Crippen LogP contribution >= 0.6 is 0 Å². The number of amides is 1. The Bertz CT molecular complexity index is 1120. The maximum atomic E-state index is 13.8. The molecule has 32 heavy (non-hydrogen) atoms. The number of carbonyl (C=O) groups excluding carboxylic acids is 1. The van der Waals surface area contributed by atoms with Crippen molar-refractivity contribution in [1.29, 1.82) is 0 Å². The Morgan fingerprint density at radius 1 is 1.16 bits per heavy atom. The van der Waals surface area contributed by atoms with Crippen molar-refractivity contribution in [3.8, 4) is 0 Å². The summed E-state index contributed by atoms with van der Waals surface area (Å²) in [6.45, 7) is 2.71. The number of nitrogens with one attached hydrogen (secondary N) is 2. The third kappa shape index (κ3) is 4.78. The van der Waals surface area contributed by atoms with E-state index in [4.69, 9.17) is 4.74 Å². The molecule has 0 bridgehead atoms. The number of aromatic nitrogens is 2. The molecule has 0 unspecified atom stereocenters. The molecular weight excluding hydrogens is 409 g/mol. The van der Waals surface area contributed by atoms with E-state index in [2.05, 4.69) is 15.3 Å². The normalized spacial score (nSPS) is 16.3. The van der Waals surface area contributed by atoms with Gasteiger partial charge in [0.25, 0.3) is 5.56 Å². The zero-order valence-electron chi connectivity index (χ0n) is 17.9. The zero-order chi connectivity index (χ0) is 22.6. The number of aromatic amines is 1. The standard InChI is InChI=1S/C25H26FN3O3/c1-17-27-21(16-23(30)28-17)15-22(18-7-9-20(26)10-8-18)29-24(31)25(11-13-32-14-12-25)19-5-3-2-4-6-19/h2-10,16,22H,11-15H2,1H3,(H,29,31)(H,27,28,30)/t22-/m1/s1. The van der Waals surface area contributed by atoms with Crippen molar-refractivity contribution in [1.82, 2.24) is 15.3 Å². The molecule has 6 nitrogen and oxygen atoms in total. The second kappa shape index (κ2) is 9.44. The van der Waals surface area contributed by atoms with Gasteiger partial charge in [-0.05, 0) is 43.0 Å². The van der Waals surface area contributed by atoms with E-state index in [0.717, 1.165) is 11.1 Å². The van der Waals surface area contributed by atoms with Gasteiger partial charge in [-0.2, -0.15) is 0 Å². The summed E-state index contributed by atoms with van der Waals surface area (Å²) in [5.74, 6) is 0.0406. The van der Waals surface area contributed by atoms with Gasteiger partial charge in [-0.1, -0.05) is 42.5 Å². The Morgan fingerprint density at radius 3 is 2.50 bits per heavy atom. The van der Waals surface area contributed by atoms with Crippen molar-refractivity contribution in [2.45, 2.75) is 37.6 Å². The molecule has 1 atom stereocenters. The van der Waals surface area contributed by atoms with Gasteiger partial charge in [0.1, 0.15) is 11.6 Å². The first-order chi connectivity index (χ1) is 15.5. The molecule has 0 spiro atoms. The molecule has 3 aromatic rings. The molecule has 2 N–H and O–H groups in total. The van der Waals surface area contributed by atoms with Gasteiger partial charge in [0, 0.05) is 25.7 Å². The van der Waals surface area contributed by atoms with Gasteiger partial charge < -0.3 is 15.0 Å². The summed E-state index contributed by atoms with van der Waals surface area (Å²) in [5.41, 5.74) is 1.29. The molecule has 1 saturated heterocycles. The number of H-pyrrole nitrogens is 1. The minimum atomic E-state index is -0.713. The van der Waals surface area contributed by atoms with Crippen LogP contribution in [0.4, 0.5) is 4.39 Å². The van der Waals surface area contributed by atoms with E-state index in [-0.39, 0.29) is 17.3 Å². The molecule has 0 saturated carbocycles. The highest BCUT2D eigenvalue weighted by Crippen LogP contribution is 2.36. The lowest BCUT2D eigenvalue weighted by Gasteiger charge is -2.37. The molecule has 0 radical (unpaired) electrons. The molecule has 1 aliphatic heterocycles. The first kappa shape index (κ1) is 21.9. The van der Waals surface area contributed by atoms with Crippen LogP contribution in [0.3, 0.4) is 0 Å². The fourth-order valence-electron chi connectivity index (χ4n) is 4.32. The summed E-state index contributed by atoms with van der Waals surface area (Å²) in [6, 6.07) is 16.7. The predicted molar refractivity (Wildman–Crippen MR) is 119 cm³/mol. The van der Waals surface area contributed by atoms with Crippen LogP contribution in [0, 0.1) is 12.7 Å². The lowest BCUT2D eigenvalue weighted by molar-refractivity contribution is -0.131. The van der Waals surface area contributed by atoms with Gasteiger partial charge in [-0.3, -0.25) is 9.59 Å². The molecule has 0 aliphatic carbocycles. The summed E-state index contributed by atoms with van der Waals surface area (Å²) in [7, 11) is 0. The predicted octanol–water partition coefficient (Wildman–Crippen LogP) is 3.37. The second-order valence-electron chi connectivity index (χ2n) is 8.16. The van der Waals surface area contributed by atoms with E-state index in [1.807, 2.05) is 30.3 Å². The van der Waals surface area contributed by atoms with E-state index in [9.17, 15) is 14.0 Å². The Kier molecular flexibility index (Phi) is 6.46. The SMILES string of the molecule is Cc1nc(C[C@@H](NC(=O)C2(c3ccccc3)CCOCC2)c2ccc(F)cc2)cc(=O)[nH]1. The number of carbonyl (C=O) groups is 1. The number of nitrogens with zero attached hydrogens (tertiary/aromatic N) is 1. The molecule has 1 amide bonds.